The first-order chi connectivity index (χ1) is 8.83. The van der Waals surface area contributed by atoms with E-state index in [1.54, 1.807) is 24.2 Å². The summed E-state index contributed by atoms with van der Waals surface area (Å²) in [5.74, 6) is 0. The molecule has 0 aliphatic carbocycles. The molecule has 1 aromatic heterocycles. The summed E-state index contributed by atoms with van der Waals surface area (Å²) in [6, 6.07) is 14.8. The molecule has 2 nitrogen and oxygen atoms in total. The zero-order chi connectivity index (χ0) is 12.4. The molecule has 0 spiro atoms. The number of hydrogen-bond acceptors (Lipinski definition) is 3. The van der Waals surface area contributed by atoms with Gasteiger partial charge in [-0.05, 0) is 29.8 Å². The van der Waals surface area contributed by atoms with Crippen LogP contribution < -0.4 is 0 Å². The lowest BCUT2D eigenvalue weighted by molar-refractivity contribution is 0.986. The van der Waals surface area contributed by atoms with Gasteiger partial charge in [0.25, 0.3) is 0 Å². The summed E-state index contributed by atoms with van der Waals surface area (Å²) in [6.45, 7) is 1.98. The second-order valence-electron chi connectivity index (χ2n) is 4.06. The van der Waals surface area contributed by atoms with Gasteiger partial charge < -0.3 is 0 Å². The molecular weight excluding hydrogens is 240 g/mol. The Balaban J connectivity index is 1.98. The van der Waals surface area contributed by atoms with E-state index in [1.165, 1.54) is 15.7 Å². The van der Waals surface area contributed by atoms with Crippen LogP contribution in [-0.2, 0) is 0 Å². The molecule has 0 unspecified atom stereocenters. The molecule has 0 saturated carbocycles. The lowest BCUT2D eigenvalue weighted by Gasteiger charge is -2.04. The fraction of sp³-hybridized carbons (Fsp3) is 0.0667. The van der Waals surface area contributed by atoms with Crippen LogP contribution >= 0.6 is 11.8 Å². The van der Waals surface area contributed by atoms with E-state index < -0.39 is 0 Å². The van der Waals surface area contributed by atoms with Gasteiger partial charge in [-0.1, -0.05) is 42.1 Å². The number of aryl methyl sites for hydroxylation is 1. The Kier molecular flexibility index (Phi) is 2.99. The van der Waals surface area contributed by atoms with Crippen LogP contribution in [0.1, 0.15) is 5.69 Å². The first-order valence-corrected chi connectivity index (χ1v) is 6.59. The number of fused-ring (bicyclic) bond motifs is 1. The average molecular weight is 252 g/mol. The highest BCUT2D eigenvalue weighted by molar-refractivity contribution is 7.99. The van der Waals surface area contributed by atoms with Crippen molar-refractivity contribution in [3.05, 3.63) is 60.6 Å². The van der Waals surface area contributed by atoms with Gasteiger partial charge in [0.2, 0.25) is 0 Å². The average Bonchev–Trinajstić information content (AvgIpc) is 2.41. The zero-order valence-electron chi connectivity index (χ0n) is 10.00. The number of benzene rings is 2. The molecule has 0 atom stereocenters. The third kappa shape index (κ3) is 2.22. The van der Waals surface area contributed by atoms with E-state index in [2.05, 4.69) is 52.4 Å². The summed E-state index contributed by atoms with van der Waals surface area (Å²) < 4.78 is 0. The molecule has 0 saturated heterocycles. The molecule has 0 fully saturated rings. The topological polar surface area (TPSA) is 25.8 Å². The summed E-state index contributed by atoms with van der Waals surface area (Å²) in [7, 11) is 0. The number of rotatable bonds is 2. The first kappa shape index (κ1) is 11.2. The maximum absolute atomic E-state index is 4.35. The van der Waals surface area contributed by atoms with E-state index in [1.807, 2.05) is 6.92 Å². The molecular formula is C15H12N2S. The molecule has 1 heterocycles. The van der Waals surface area contributed by atoms with Crippen LogP contribution in [0, 0.1) is 6.92 Å². The standard InChI is InChI=1S/C15H12N2S/c1-11-15(17-9-8-16-11)18-14-7-6-12-4-2-3-5-13(12)10-14/h2-10H,1H3. The minimum atomic E-state index is 0.966. The van der Waals surface area contributed by atoms with Crippen LogP contribution in [0.25, 0.3) is 10.8 Å². The van der Waals surface area contributed by atoms with E-state index in [0.29, 0.717) is 0 Å². The molecule has 0 bridgehead atoms. The predicted octanol–water partition coefficient (Wildman–Crippen LogP) is 4.09. The zero-order valence-corrected chi connectivity index (χ0v) is 10.8. The Morgan fingerprint density at radius 3 is 2.50 bits per heavy atom. The molecule has 3 rings (SSSR count). The quantitative estimate of drug-likeness (QED) is 0.687. The van der Waals surface area contributed by atoms with Crippen LogP contribution in [0.3, 0.4) is 0 Å². The molecule has 18 heavy (non-hydrogen) atoms. The van der Waals surface area contributed by atoms with Gasteiger partial charge in [0.05, 0.1) is 5.69 Å². The molecule has 88 valence electrons. The van der Waals surface area contributed by atoms with Crippen molar-refractivity contribution in [1.82, 2.24) is 9.97 Å². The Morgan fingerprint density at radius 1 is 0.889 bits per heavy atom. The van der Waals surface area contributed by atoms with Crippen LogP contribution in [-0.4, -0.2) is 9.97 Å². The molecule has 3 heteroatoms. The maximum Gasteiger partial charge on any atom is 0.122 e. The van der Waals surface area contributed by atoms with Crippen molar-refractivity contribution in [3.8, 4) is 0 Å². The minimum absolute atomic E-state index is 0.966. The summed E-state index contributed by atoms with van der Waals surface area (Å²) in [6.07, 6.45) is 3.45. The molecule has 0 N–H and O–H groups in total. The number of aromatic nitrogens is 2. The monoisotopic (exact) mass is 252 g/mol. The van der Waals surface area contributed by atoms with Crippen LogP contribution in [0.15, 0.2) is 64.8 Å². The van der Waals surface area contributed by atoms with Gasteiger partial charge >= 0.3 is 0 Å². The van der Waals surface area contributed by atoms with Crippen molar-refractivity contribution < 1.29 is 0 Å². The van der Waals surface area contributed by atoms with Gasteiger partial charge in [0.1, 0.15) is 5.03 Å². The third-order valence-corrected chi connectivity index (χ3v) is 3.86. The van der Waals surface area contributed by atoms with Crippen molar-refractivity contribution in [3.63, 3.8) is 0 Å². The van der Waals surface area contributed by atoms with Crippen LogP contribution in [0.2, 0.25) is 0 Å². The van der Waals surface area contributed by atoms with Gasteiger partial charge in [-0.3, -0.25) is 4.98 Å². The fourth-order valence-electron chi connectivity index (χ4n) is 1.84. The van der Waals surface area contributed by atoms with Crippen molar-refractivity contribution in [2.24, 2.45) is 0 Å². The van der Waals surface area contributed by atoms with Crippen LogP contribution in [0.4, 0.5) is 0 Å². The Morgan fingerprint density at radius 2 is 1.67 bits per heavy atom. The highest BCUT2D eigenvalue weighted by Crippen LogP contribution is 2.29. The van der Waals surface area contributed by atoms with Gasteiger partial charge in [-0.2, -0.15) is 0 Å². The van der Waals surface area contributed by atoms with Crippen molar-refractivity contribution >= 4 is 22.5 Å². The number of nitrogens with zero attached hydrogens (tertiary/aromatic N) is 2. The number of hydrogen-bond donors (Lipinski definition) is 0. The third-order valence-electron chi connectivity index (χ3n) is 2.77. The predicted molar refractivity (Wildman–Crippen MR) is 74.8 cm³/mol. The summed E-state index contributed by atoms with van der Waals surface area (Å²) in [5, 5.41) is 3.48. The largest absolute Gasteiger partial charge is 0.257 e. The summed E-state index contributed by atoms with van der Waals surface area (Å²) in [5.41, 5.74) is 0.968. The molecule has 3 aromatic rings. The van der Waals surface area contributed by atoms with Gasteiger partial charge in [0.15, 0.2) is 0 Å². The van der Waals surface area contributed by atoms with E-state index in [0.717, 1.165) is 10.7 Å². The van der Waals surface area contributed by atoms with Crippen molar-refractivity contribution in [2.75, 3.05) is 0 Å². The van der Waals surface area contributed by atoms with Gasteiger partial charge in [-0.15, -0.1) is 0 Å². The molecule has 0 amide bonds. The lowest BCUT2D eigenvalue weighted by Crippen LogP contribution is -1.88. The Bertz CT molecular complexity index is 695. The molecule has 0 aliphatic heterocycles. The van der Waals surface area contributed by atoms with E-state index in [9.17, 15) is 0 Å². The Hall–Kier alpha value is -1.87. The normalized spacial score (nSPS) is 10.7. The van der Waals surface area contributed by atoms with Crippen molar-refractivity contribution in [2.45, 2.75) is 16.8 Å². The molecule has 0 aliphatic rings. The highest BCUT2D eigenvalue weighted by atomic mass is 32.2. The van der Waals surface area contributed by atoms with Gasteiger partial charge in [-0.25, -0.2) is 4.98 Å². The molecule has 0 radical (unpaired) electrons. The SMILES string of the molecule is Cc1nccnc1Sc1ccc2ccccc2c1. The van der Waals surface area contributed by atoms with E-state index in [4.69, 9.17) is 0 Å². The fourth-order valence-corrected chi connectivity index (χ4v) is 2.70. The van der Waals surface area contributed by atoms with Crippen molar-refractivity contribution in [1.29, 1.82) is 0 Å². The smallest absolute Gasteiger partial charge is 0.122 e. The van der Waals surface area contributed by atoms with Crippen LogP contribution in [0.5, 0.6) is 0 Å². The second kappa shape index (κ2) is 4.78. The first-order valence-electron chi connectivity index (χ1n) is 5.77. The Labute approximate surface area is 110 Å². The summed E-state index contributed by atoms with van der Waals surface area (Å²) in [4.78, 5) is 9.80. The van der Waals surface area contributed by atoms with Gasteiger partial charge in [0, 0.05) is 17.3 Å². The maximum atomic E-state index is 4.35. The minimum Gasteiger partial charge on any atom is -0.257 e. The second-order valence-corrected chi connectivity index (χ2v) is 5.12. The molecule has 2 aromatic carbocycles. The lowest BCUT2D eigenvalue weighted by atomic mass is 10.1. The summed E-state index contributed by atoms with van der Waals surface area (Å²) >= 11 is 1.66. The highest BCUT2D eigenvalue weighted by Gasteiger charge is 2.03. The van der Waals surface area contributed by atoms with E-state index >= 15 is 0 Å². The van der Waals surface area contributed by atoms with E-state index in [-0.39, 0.29) is 0 Å².